The number of nitrogens with zero attached hydrogens (tertiary/aromatic N) is 2. The fraction of sp³-hybridized carbons (Fsp3) is 0.286. The fourth-order valence-electron chi connectivity index (χ4n) is 1.66. The van der Waals surface area contributed by atoms with Crippen molar-refractivity contribution in [3.05, 3.63) is 45.3 Å². The Hall–Kier alpha value is -1.17. The smallest absolute Gasteiger partial charge is 0.321 e. The monoisotopic (exact) mass is 354 g/mol. The van der Waals surface area contributed by atoms with Crippen LogP contribution < -0.4 is 4.74 Å². The molecule has 0 aliphatic rings. The number of hydrogen-bond donors (Lipinski definition) is 0. The Bertz CT molecular complexity index is 538. The summed E-state index contributed by atoms with van der Waals surface area (Å²) < 4.78 is 6.77. The third-order valence-electron chi connectivity index (χ3n) is 2.59. The highest BCUT2D eigenvalue weighted by atomic mass is 127. The lowest BCUT2D eigenvalue weighted by atomic mass is 10.0. The first-order valence-corrected chi connectivity index (χ1v) is 6.90. The second-order valence-electron chi connectivity index (χ2n) is 4.48. The van der Waals surface area contributed by atoms with Crippen molar-refractivity contribution in [1.82, 2.24) is 9.97 Å². The van der Waals surface area contributed by atoms with Crippen molar-refractivity contribution >= 4 is 22.6 Å². The van der Waals surface area contributed by atoms with Crippen LogP contribution in [0.4, 0.5) is 0 Å². The van der Waals surface area contributed by atoms with Crippen molar-refractivity contribution in [1.29, 1.82) is 0 Å². The first kappa shape index (κ1) is 13.3. The van der Waals surface area contributed by atoms with Crippen molar-refractivity contribution < 1.29 is 4.74 Å². The van der Waals surface area contributed by atoms with E-state index in [1.54, 1.807) is 12.4 Å². The van der Waals surface area contributed by atoms with Crippen LogP contribution in [0.2, 0.25) is 0 Å². The maximum absolute atomic E-state index is 5.78. The Kier molecular flexibility index (Phi) is 4.16. The van der Waals surface area contributed by atoms with E-state index in [1.165, 1.54) is 11.1 Å². The second-order valence-corrected chi connectivity index (χ2v) is 5.73. The van der Waals surface area contributed by atoms with Gasteiger partial charge in [0.05, 0.1) is 0 Å². The second kappa shape index (κ2) is 5.65. The first-order valence-electron chi connectivity index (χ1n) is 5.82. The van der Waals surface area contributed by atoms with Gasteiger partial charge < -0.3 is 4.74 Å². The molecule has 18 heavy (non-hydrogen) atoms. The van der Waals surface area contributed by atoms with Gasteiger partial charge in [0.15, 0.2) is 0 Å². The van der Waals surface area contributed by atoms with E-state index in [9.17, 15) is 0 Å². The van der Waals surface area contributed by atoms with Crippen molar-refractivity contribution in [3.8, 4) is 11.8 Å². The van der Waals surface area contributed by atoms with Gasteiger partial charge in [0.2, 0.25) is 0 Å². The van der Waals surface area contributed by atoms with E-state index in [4.69, 9.17) is 4.74 Å². The lowest BCUT2D eigenvalue weighted by molar-refractivity contribution is 0.433. The molecule has 0 radical (unpaired) electrons. The van der Waals surface area contributed by atoms with Gasteiger partial charge in [0.25, 0.3) is 0 Å². The molecule has 0 aliphatic heterocycles. The van der Waals surface area contributed by atoms with E-state index in [1.807, 2.05) is 13.0 Å². The van der Waals surface area contributed by atoms with Gasteiger partial charge >= 0.3 is 6.01 Å². The van der Waals surface area contributed by atoms with Crippen LogP contribution in [0.15, 0.2) is 30.6 Å². The lowest BCUT2D eigenvalue weighted by Crippen LogP contribution is -1.97. The fourth-order valence-corrected chi connectivity index (χ4v) is 1.94. The van der Waals surface area contributed by atoms with E-state index in [0.29, 0.717) is 11.9 Å². The lowest BCUT2D eigenvalue weighted by Gasteiger charge is -2.13. The van der Waals surface area contributed by atoms with Crippen molar-refractivity contribution in [2.45, 2.75) is 26.7 Å². The van der Waals surface area contributed by atoms with Crippen LogP contribution in [0.25, 0.3) is 0 Å². The van der Waals surface area contributed by atoms with Gasteiger partial charge in [-0.15, -0.1) is 0 Å². The summed E-state index contributed by atoms with van der Waals surface area (Å²) in [4.78, 5) is 8.33. The number of aromatic nitrogens is 2. The van der Waals surface area contributed by atoms with Gasteiger partial charge in [-0.25, -0.2) is 9.97 Å². The summed E-state index contributed by atoms with van der Waals surface area (Å²) in [5, 5.41) is 0. The molecule has 0 unspecified atom stereocenters. The summed E-state index contributed by atoms with van der Waals surface area (Å²) >= 11 is 2.17. The van der Waals surface area contributed by atoms with Crippen molar-refractivity contribution in [3.63, 3.8) is 0 Å². The highest BCUT2D eigenvalue weighted by molar-refractivity contribution is 14.1. The average molecular weight is 354 g/mol. The average Bonchev–Trinajstić information content (AvgIpc) is 2.32. The van der Waals surface area contributed by atoms with Gasteiger partial charge in [-0.1, -0.05) is 26.0 Å². The maximum atomic E-state index is 5.78. The van der Waals surface area contributed by atoms with E-state index in [0.717, 1.165) is 9.32 Å². The quantitative estimate of drug-likeness (QED) is 0.771. The molecule has 0 saturated heterocycles. The van der Waals surface area contributed by atoms with Crippen LogP contribution in [0.3, 0.4) is 0 Å². The van der Waals surface area contributed by atoms with E-state index in [-0.39, 0.29) is 0 Å². The first-order chi connectivity index (χ1) is 8.56. The third-order valence-corrected chi connectivity index (χ3v) is 3.15. The Morgan fingerprint density at radius 3 is 2.44 bits per heavy atom. The molecular weight excluding hydrogens is 339 g/mol. The minimum Gasteiger partial charge on any atom is -0.424 e. The zero-order valence-electron chi connectivity index (χ0n) is 10.6. The summed E-state index contributed by atoms with van der Waals surface area (Å²) in [6.07, 6.45) is 3.49. The van der Waals surface area contributed by atoms with Crippen LogP contribution in [0.5, 0.6) is 11.8 Å². The van der Waals surface area contributed by atoms with Crippen molar-refractivity contribution in [2.75, 3.05) is 0 Å². The summed E-state index contributed by atoms with van der Waals surface area (Å²) in [5.74, 6) is 1.25. The van der Waals surface area contributed by atoms with Crippen LogP contribution in [0, 0.1) is 10.5 Å². The Labute approximate surface area is 121 Å². The molecule has 0 amide bonds. The maximum Gasteiger partial charge on any atom is 0.321 e. The van der Waals surface area contributed by atoms with Crippen LogP contribution in [0.1, 0.15) is 30.9 Å². The Morgan fingerprint density at radius 2 is 1.83 bits per heavy atom. The highest BCUT2D eigenvalue weighted by Gasteiger charge is 2.10. The molecule has 0 fully saturated rings. The summed E-state index contributed by atoms with van der Waals surface area (Å²) in [6.45, 7) is 6.34. The van der Waals surface area contributed by atoms with Crippen molar-refractivity contribution in [2.24, 2.45) is 0 Å². The molecule has 3 nitrogen and oxygen atoms in total. The minimum absolute atomic E-state index is 0.392. The molecule has 0 bridgehead atoms. The van der Waals surface area contributed by atoms with Gasteiger partial charge in [-0.2, -0.15) is 0 Å². The van der Waals surface area contributed by atoms with Gasteiger partial charge in [0.1, 0.15) is 5.75 Å². The van der Waals surface area contributed by atoms with Crippen LogP contribution in [-0.4, -0.2) is 9.97 Å². The van der Waals surface area contributed by atoms with Crippen LogP contribution >= 0.6 is 22.6 Å². The number of rotatable bonds is 3. The number of benzene rings is 1. The topological polar surface area (TPSA) is 35.0 Å². The predicted molar refractivity (Wildman–Crippen MR) is 80.1 cm³/mol. The molecule has 0 spiro atoms. The zero-order valence-corrected chi connectivity index (χ0v) is 12.8. The van der Waals surface area contributed by atoms with Gasteiger partial charge in [-0.05, 0) is 52.6 Å². The molecule has 1 heterocycles. The number of halogens is 1. The molecule has 94 valence electrons. The third kappa shape index (κ3) is 3.19. The standard InChI is InChI=1S/C14H15IN2O/c1-9(2)12-5-4-10(3)6-13(12)18-14-16-7-11(15)8-17-14/h4-9H,1-3H3. The number of ether oxygens (including phenoxy) is 1. The molecule has 2 aromatic rings. The number of aryl methyl sites for hydroxylation is 1. The Morgan fingerprint density at radius 1 is 1.17 bits per heavy atom. The molecule has 0 N–H and O–H groups in total. The SMILES string of the molecule is Cc1ccc(C(C)C)c(Oc2ncc(I)cn2)c1. The van der Waals surface area contributed by atoms with E-state index < -0.39 is 0 Å². The van der Waals surface area contributed by atoms with E-state index in [2.05, 4.69) is 58.5 Å². The molecular formula is C14H15IN2O. The van der Waals surface area contributed by atoms with Crippen LogP contribution in [-0.2, 0) is 0 Å². The molecule has 2 rings (SSSR count). The normalized spacial score (nSPS) is 10.7. The molecule has 0 atom stereocenters. The van der Waals surface area contributed by atoms with Gasteiger partial charge in [0, 0.05) is 16.0 Å². The molecule has 1 aromatic heterocycles. The number of hydrogen-bond acceptors (Lipinski definition) is 3. The molecule has 0 saturated carbocycles. The Balaban J connectivity index is 2.32. The predicted octanol–water partition coefficient (Wildman–Crippen LogP) is 4.31. The summed E-state index contributed by atoms with van der Waals surface area (Å²) in [6, 6.07) is 6.61. The summed E-state index contributed by atoms with van der Waals surface area (Å²) in [7, 11) is 0. The zero-order chi connectivity index (χ0) is 13.1. The largest absolute Gasteiger partial charge is 0.424 e. The molecule has 1 aromatic carbocycles. The molecule has 4 heteroatoms. The summed E-state index contributed by atoms with van der Waals surface area (Å²) in [5.41, 5.74) is 2.34. The highest BCUT2D eigenvalue weighted by Crippen LogP contribution is 2.30. The van der Waals surface area contributed by atoms with Gasteiger partial charge in [-0.3, -0.25) is 0 Å². The minimum atomic E-state index is 0.392. The molecule has 0 aliphatic carbocycles. The van der Waals surface area contributed by atoms with E-state index >= 15 is 0 Å².